The highest BCUT2D eigenvalue weighted by Crippen LogP contribution is 2.22. The average Bonchev–Trinajstić information content (AvgIpc) is 3.08. The molecule has 1 aromatic carbocycles. The van der Waals surface area contributed by atoms with Crippen molar-refractivity contribution in [3.63, 3.8) is 0 Å². The highest BCUT2D eigenvalue weighted by Gasteiger charge is 2.13. The van der Waals surface area contributed by atoms with Crippen molar-refractivity contribution in [2.75, 3.05) is 11.9 Å². The number of amides is 2. The molecule has 3 aromatic heterocycles. The second-order valence-corrected chi connectivity index (χ2v) is 5.92. The summed E-state index contributed by atoms with van der Waals surface area (Å²) in [6.45, 7) is 0.992. The fourth-order valence-electron chi connectivity index (χ4n) is 2.87. The third-order valence-corrected chi connectivity index (χ3v) is 4.09. The van der Waals surface area contributed by atoms with Crippen LogP contribution in [0.25, 0.3) is 22.6 Å². The van der Waals surface area contributed by atoms with Crippen LogP contribution in [-0.4, -0.2) is 32.1 Å². The lowest BCUT2D eigenvalue weighted by Gasteiger charge is -2.11. The van der Waals surface area contributed by atoms with Gasteiger partial charge in [0.05, 0.1) is 0 Å². The maximum absolute atomic E-state index is 12.1. The Labute approximate surface area is 156 Å². The molecule has 2 N–H and O–H groups in total. The SMILES string of the molecule is O=C(NCCn1c(-c2ccncc2)nc2cccnc21)Nc1ccccc1. The third-order valence-electron chi connectivity index (χ3n) is 4.09. The Kier molecular flexibility index (Phi) is 4.74. The van der Waals surface area contributed by atoms with Crippen LogP contribution in [0.3, 0.4) is 0 Å². The van der Waals surface area contributed by atoms with Gasteiger partial charge in [0, 0.05) is 42.9 Å². The fraction of sp³-hybridized carbons (Fsp3) is 0.100. The van der Waals surface area contributed by atoms with E-state index in [9.17, 15) is 4.79 Å². The summed E-state index contributed by atoms with van der Waals surface area (Å²) in [6.07, 6.45) is 5.21. The van der Waals surface area contributed by atoms with Gasteiger partial charge in [-0.05, 0) is 36.4 Å². The summed E-state index contributed by atoms with van der Waals surface area (Å²) in [7, 11) is 0. The molecule has 0 fully saturated rings. The summed E-state index contributed by atoms with van der Waals surface area (Å²) in [6, 6.07) is 16.7. The second kappa shape index (κ2) is 7.65. The average molecular weight is 358 g/mol. The van der Waals surface area contributed by atoms with Crippen LogP contribution in [0.15, 0.2) is 73.2 Å². The van der Waals surface area contributed by atoms with E-state index in [1.54, 1.807) is 18.6 Å². The Bertz CT molecular complexity index is 1050. The number of carbonyl (C=O) groups is 1. The fourth-order valence-corrected chi connectivity index (χ4v) is 2.87. The number of hydrogen-bond donors (Lipinski definition) is 2. The molecular formula is C20H18N6O. The van der Waals surface area contributed by atoms with Crippen molar-refractivity contribution in [2.24, 2.45) is 0 Å². The first-order valence-electron chi connectivity index (χ1n) is 8.63. The minimum absolute atomic E-state index is 0.246. The molecule has 0 spiro atoms. The van der Waals surface area contributed by atoms with Gasteiger partial charge in [0.15, 0.2) is 5.65 Å². The summed E-state index contributed by atoms with van der Waals surface area (Å²) in [5, 5.41) is 5.68. The van der Waals surface area contributed by atoms with E-state index in [4.69, 9.17) is 4.98 Å². The second-order valence-electron chi connectivity index (χ2n) is 5.92. The molecule has 4 rings (SSSR count). The molecule has 0 radical (unpaired) electrons. The Balaban J connectivity index is 1.50. The van der Waals surface area contributed by atoms with Gasteiger partial charge >= 0.3 is 6.03 Å². The van der Waals surface area contributed by atoms with Gasteiger partial charge in [0.2, 0.25) is 0 Å². The Morgan fingerprint density at radius 2 is 1.78 bits per heavy atom. The minimum atomic E-state index is -0.246. The summed E-state index contributed by atoms with van der Waals surface area (Å²) >= 11 is 0. The van der Waals surface area contributed by atoms with Crippen LogP contribution in [-0.2, 0) is 6.54 Å². The lowest BCUT2D eigenvalue weighted by atomic mass is 10.2. The van der Waals surface area contributed by atoms with Crippen LogP contribution in [0.5, 0.6) is 0 Å². The molecule has 2 amide bonds. The predicted octanol–water partition coefficient (Wildman–Crippen LogP) is 3.32. The first kappa shape index (κ1) is 16.7. The van der Waals surface area contributed by atoms with Crippen LogP contribution in [0.1, 0.15) is 0 Å². The molecule has 0 bridgehead atoms. The van der Waals surface area contributed by atoms with Crippen LogP contribution in [0, 0.1) is 0 Å². The predicted molar refractivity (Wildman–Crippen MR) is 104 cm³/mol. The van der Waals surface area contributed by atoms with Gasteiger partial charge in [-0.25, -0.2) is 14.8 Å². The van der Waals surface area contributed by atoms with E-state index in [1.165, 1.54) is 0 Å². The molecule has 0 aliphatic carbocycles. The van der Waals surface area contributed by atoms with Gasteiger partial charge in [-0.2, -0.15) is 0 Å². The van der Waals surface area contributed by atoms with Crippen molar-refractivity contribution >= 4 is 22.9 Å². The number of imidazole rings is 1. The topological polar surface area (TPSA) is 84.7 Å². The Morgan fingerprint density at radius 1 is 0.963 bits per heavy atom. The number of anilines is 1. The summed E-state index contributed by atoms with van der Waals surface area (Å²) < 4.78 is 2.01. The lowest BCUT2D eigenvalue weighted by molar-refractivity contribution is 0.251. The monoisotopic (exact) mass is 358 g/mol. The molecule has 7 nitrogen and oxygen atoms in total. The molecule has 134 valence electrons. The Morgan fingerprint density at radius 3 is 2.59 bits per heavy atom. The number of benzene rings is 1. The summed E-state index contributed by atoms with van der Waals surface area (Å²) in [5.74, 6) is 0.802. The van der Waals surface area contributed by atoms with Crippen molar-refractivity contribution in [2.45, 2.75) is 6.54 Å². The number of carbonyl (C=O) groups excluding carboxylic acids is 1. The van der Waals surface area contributed by atoms with Crippen LogP contribution in [0.4, 0.5) is 10.5 Å². The van der Waals surface area contributed by atoms with E-state index in [1.807, 2.05) is 59.2 Å². The number of pyridine rings is 2. The third kappa shape index (κ3) is 3.77. The zero-order valence-corrected chi connectivity index (χ0v) is 14.5. The highest BCUT2D eigenvalue weighted by molar-refractivity contribution is 5.89. The minimum Gasteiger partial charge on any atom is -0.336 e. The van der Waals surface area contributed by atoms with Gasteiger partial charge in [0.25, 0.3) is 0 Å². The molecule has 7 heteroatoms. The van der Waals surface area contributed by atoms with E-state index in [0.29, 0.717) is 13.1 Å². The molecule has 0 unspecified atom stereocenters. The van der Waals surface area contributed by atoms with E-state index in [2.05, 4.69) is 20.6 Å². The smallest absolute Gasteiger partial charge is 0.319 e. The van der Waals surface area contributed by atoms with E-state index < -0.39 is 0 Å². The molecule has 4 aromatic rings. The molecule has 0 atom stereocenters. The van der Waals surface area contributed by atoms with E-state index in [-0.39, 0.29) is 6.03 Å². The van der Waals surface area contributed by atoms with Gasteiger partial charge < -0.3 is 15.2 Å². The van der Waals surface area contributed by atoms with Crippen LogP contribution in [0.2, 0.25) is 0 Å². The van der Waals surface area contributed by atoms with Crippen molar-refractivity contribution in [1.29, 1.82) is 0 Å². The summed E-state index contributed by atoms with van der Waals surface area (Å²) in [5.41, 5.74) is 3.31. The zero-order valence-electron chi connectivity index (χ0n) is 14.5. The molecule has 0 aliphatic heterocycles. The largest absolute Gasteiger partial charge is 0.336 e. The standard InChI is InChI=1S/C20H18N6O/c27-20(24-16-5-2-1-3-6-16)23-13-14-26-18(15-8-11-21-12-9-15)25-17-7-4-10-22-19(17)26/h1-12H,13-14H2,(H2,23,24,27). The first-order valence-corrected chi connectivity index (χ1v) is 8.63. The number of urea groups is 1. The maximum Gasteiger partial charge on any atom is 0.319 e. The van der Waals surface area contributed by atoms with Crippen molar-refractivity contribution in [3.8, 4) is 11.4 Å². The number of nitrogens with one attached hydrogen (secondary N) is 2. The van der Waals surface area contributed by atoms with Gasteiger partial charge in [0.1, 0.15) is 11.3 Å². The number of para-hydroxylation sites is 1. The molecule has 0 saturated carbocycles. The van der Waals surface area contributed by atoms with Gasteiger partial charge in [-0.15, -0.1) is 0 Å². The number of fused-ring (bicyclic) bond motifs is 1. The van der Waals surface area contributed by atoms with E-state index >= 15 is 0 Å². The normalized spacial score (nSPS) is 10.7. The van der Waals surface area contributed by atoms with Crippen molar-refractivity contribution < 1.29 is 4.79 Å². The van der Waals surface area contributed by atoms with E-state index in [0.717, 1.165) is 28.2 Å². The number of rotatable bonds is 5. The van der Waals surface area contributed by atoms with Crippen LogP contribution >= 0.6 is 0 Å². The number of aromatic nitrogens is 4. The molecule has 27 heavy (non-hydrogen) atoms. The van der Waals surface area contributed by atoms with Gasteiger partial charge in [-0.1, -0.05) is 18.2 Å². The van der Waals surface area contributed by atoms with Crippen molar-refractivity contribution in [1.82, 2.24) is 24.8 Å². The summed E-state index contributed by atoms with van der Waals surface area (Å²) in [4.78, 5) is 25.3. The molecule has 0 aliphatic rings. The lowest BCUT2D eigenvalue weighted by Crippen LogP contribution is -2.31. The maximum atomic E-state index is 12.1. The molecule has 3 heterocycles. The number of nitrogens with zero attached hydrogens (tertiary/aromatic N) is 4. The number of hydrogen-bond acceptors (Lipinski definition) is 4. The first-order chi connectivity index (χ1) is 13.3. The highest BCUT2D eigenvalue weighted by atomic mass is 16.2. The quantitative estimate of drug-likeness (QED) is 0.573. The zero-order chi connectivity index (χ0) is 18.5. The molecular weight excluding hydrogens is 340 g/mol. The van der Waals surface area contributed by atoms with Gasteiger partial charge in [-0.3, -0.25) is 4.98 Å². The molecule has 0 saturated heterocycles. The Hall–Kier alpha value is -3.74. The van der Waals surface area contributed by atoms with Crippen LogP contribution < -0.4 is 10.6 Å². The van der Waals surface area contributed by atoms with Crippen molar-refractivity contribution in [3.05, 3.63) is 73.2 Å².